The summed E-state index contributed by atoms with van der Waals surface area (Å²) in [5.41, 5.74) is 0. The molecule has 2 rings (SSSR count). The molecule has 3 atom stereocenters. The molecule has 0 amide bonds. The van der Waals surface area contributed by atoms with Gasteiger partial charge >= 0.3 is 0 Å². The van der Waals surface area contributed by atoms with Crippen LogP contribution in [0.4, 0.5) is 0 Å². The molecule has 94 valence electrons. The lowest BCUT2D eigenvalue weighted by atomic mass is 10.2. The number of nitrogens with one attached hydrogen (secondary N) is 1. The first-order valence-corrected chi connectivity index (χ1v) is 7.69. The Hall–Kier alpha value is -0.380. The highest BCUT2D eigenvalue weighted by atomic mass is 35.5. The lowest BCUT2D eigenvalue weighted by Crippen LogP contribution is -2.27. The molecular formula is C13H18ClNOS. The number of hydrogen-bond donors (Lipinski definition) is 1. The van der Waals surface area contributed by atoms with Crippen molar-refractivity contribution in [2.75, 3.05) is 6.54 Å². The Labute approximate surface area is 110 Å². The second kappa shape index (κ2) is 5.98. The van der Waals surface area contributed by atoms with E-state index in [1.54, 1.807) is 0 Å². The summed E-state index contributed by atoms with van der Waals surface area (Å²) < 4.78 is 12.4. The van der Waals surface area contributed by atoms with Gasteiger partial charge in [-0.15, -0.1) is 0 Å². The van der Waals surface area contributed by atoms with E-state index in [-0.39, 0.29) is 5.25 Å². The molecule has 0 saturated heterocycles. The van der Waals surface area contributed by atoms with Crippen molar-refractivity contribution in [3.63, 3.8) is 0 Å². The van der Waals surface area contributed by atoms with Gasteiger partial charge in [-0.05, 0) is 44.0 Å². The van der Waals surface area contributed by atoms with Gasteiger partial charge in [0.05, 0.1) is 10.8 Å². The molecule has 1 aromatic carbocycles. The van der Waals surface area contributed by atoms with Crippen molar-refractivity contribution in [3.8, 4) is 0 Å². The van der Waals surface area contributed by atoms with Crippen LogP contribution in [0.25, 0.3) is 0 Å². The zero-order valence-corrected chi connectivity index (χ0v) is 11.6. The zero-order chi connectivity index (χ0) is 12.3. The zero-order valence-electron chi connectivity index (χ0n) is 9.99. The Balaban J connectivity index is 2.02. The largest absolute Gasteiger partial charge is 0.314 e. The van der Waals surface area contributed by atoms with Crippen LogP contribution < -0.4 is 5.32 Å². The van der Waals surface area contributed by atoms with Crippen molar-refractivity contribution in [1.29, 1.82) is 0 Å². The molecule has 0 bridgehead atoms. The van der Waals surface area contributed by atoms with Crippen LogP contribution in [-0.2, 0) is 10.8 Å². The molecule has 2 nitrogen and oxygen atoms in total. The molecular weight excluding hydrogens is 254 g/mol. The van der Waals surface area contributed by atoms with Crippen molar-refractivity contribution < 1.29 is 4.21 Å². The van der Waals surface area contributed by atoms with Crippen molar-refractivity contribution in [1.82, 2.24) is 5.32 Å². The second-order valence-corrected chi connectivity index (χ2v) is 6.61. The quantitative estimate of drug-likeness (QED) is 0.912. The number of halogens is 1. The van der Waals surface area contributed by atoms with E-state index in [1.807, 2.05) is 24.3 Å². The third kappa shape index (κ3) is 3.30. The predicted octanol–water partition coefficient (Wildman–Crippen LogP) is 2.98. The van der Waals surface area contributed by atoms with Crippen LogP contribution in [-0.4, -0.2) is 22.0 Å². The van der Waals surface area contributed by atoms with E-state index >= 15 is 0 Å². The minimum absolute atomic E-state index is 0.275. The Kier molecular flexibility index (Phi) is 4.60. The van der Waals surface area contributed by atoms with Gasteiger partial charge in [0.15, 0.2) is 0 Å². The maximum absolute atomic E-state index is 12.4. The molecule has 0 aromatic heterocycles. The van der Waals surface area contributed by atoms with Gasteiger partial charge in [-0.25, -0.2) is 0 Å². The summed E-state index contributed by atoms with van der Waals surface area (Å²) in [6.45, 7) is 3.10. The fraction of sp³-hybridized carbons (Fsp3) is 0.538. The summed E-state index contributed by atoms with van der Waals surface area (Å²) in [4.78, 5) is 0.861. The minimum atomic E-state index is -0.918. The fourth-order valence-electron chi connectivity index (χ4n) is 2.39. The molecule has 0 radical (unpaired) electrons. The summed E-state index contributed by atoms with van der Waals surface area (Å²) in [6, 6.07) is 7.94. The smallest absolute Gasteiger partial charge is 0.0561 e. The molecule has 3 unspecified atom stereocenters. The van der Waals surface area contributed by atoms with Crippen molar-refractivity contribution in [2.45, 2.75) is 42.4 Å². The molecule has 1 aliphatic rings. The average molecular weight is 272 g/mol. The average Bonchev–Trinajstić information content (AvgIpc) is 2.77. The van der Waals surface area contributed by atoms with Crippen molar-refractivity contribution in [2.24, 2.45) is 0 Å². The van der Waals surface area contributed by atoms with Crippen LogP contribution in [0.1, 0.15) is 26.2 Å². The molecule has 1 aliphatic carbocycles. The van der Waals surface area contributed by atoms with E-state index in [4.69, 9.17) is 11.6 Å². The van der Waals surface area contributed by atoms with Crippen molar-refractivity contribution in [3.05, 3.63) is 29.3 Å². The highest BCUT2D eigenvalue weighted by Crippen LogP contribution is 2.28. The van der Waals surface area contributed by atoms with Crippen LogP contribution >= 0.6 is 11.6 Å². The molecule has 0 heterocycles. The van der Waals surface area contributed by atoms with Crippen LogP contribution in [0.2, 0.25) is 5.02 Å². The Morgan fingerprint density at radius 1 is 1.47 bits per heavy atom. The predicted molar refractivity (Wildman–Crippen MR) is 73.0 cm³/mol. The molecule has 1 aromatic rings. The maximum Gasteiger partial charge on any atom is 0.0561 e. The summed E-state index contributed by atoms with van der Waals surface area (Å²) in [6.07, 6.45) is 3.18. The molecule has 4 heteroatoms. The third-order valence-corrected chi connectivity index (χ3v) is 5.20. The molecule has 1 saturated carbocycles. The first-order valence-electron chi connectivity index (χ1n) is 6.10. The van der Waals surface area contributed by atoms with Crippen LogP contribution in [0, 0.1) is 0 Å². The fourth-order valence-corrected chi connectivity index (χ4v) is 4.25. The minimum Gasteiger partial charge on any atom is -0.314 e. The topological polar surface area (TPSA) is 29.1 Å². The van der Waals surface area contributed by atoms with Gasteiger partial charge in [0, 0.05) is 21.2 Å². The van der Waals surface area contributed by atoms with Gasteiger partial charge in [-0.2, -0.15) is 0 Å². The van der Waals surface area contributed by atoms with Gasteiger partial charge < -0.3 is 5.32 Å². The Morgan fingerprint density at radius 2 is 2.29 bits per heavy atom. The highest BCUT2D eigenvalue weighted by molar-refractivity contribution is 7.85. The van der Waals surface area contributed by atoms with Gasteiger partial charge in [0.1, 0.15) is 0 Å². The first-order chi connectivity index (χ1) is 8.20. The molecule has 17 heavy (non-hydrogen) atoms. The van der Waals surface area contributed by atoms with E-state index in [1.165, 1.54) is 0 Å². The van der Waals surface area contributed by atoms with E-state index in [0.29, 0.717) is 11.1 Å². The van der Waals surface area contributed by atoms with E-state index in [2.05, 4.69) is 12.2 Å². The molecule has 1 N–H and O–H groups in total. The number of rotatable bonds is 4. The maximum atomic E-state index is 12.4. The number of hydrogen-bond acceptors (Lipinski definition) is 2. The van der Waals surface area contributed by atoms with Gasteiger partial charge in [0.25, 0.3) is 0 Å². The summed E-state index contributed by atoms with van der Waals surface area (Å²) in [7, 11) is -0.918. The van der Waals surface area contributed by atoms with E-state index in [9.17, 15) is 4.21 Å². The molecule has 0 aliphatic heterocycles. The Bertz CT molecular complexity index is 410. The van der Waals surface area contributed by atoms with E-state index < -0.39 is 10.8 Å². The summed E-state index contributed by atoms with van der Waals surface area (Å²) >= 11 is 5.93. The van der Waals surface area contributed by atoms with E-state index in [0.717, 1.165) is 30.7 Å². The summed E-state index contributed by atoms with van der Waals surface area (Å²) in [5.74, 6) is 0. The van der Waals surface area contributed by atoms with Crippen molar-refractivity contribution >= 4 is 22.4 Å². The normalized spacial score (nSPS) is 26.0. The SMILES string of the molecule is CCNC1CCC(S(=O)c2cccc(Cl)c2)C1. The molecule has 1 fully saturated rings. The second-order valence-electron chi connectivity index (χ2n) is 4.44. The highest BCUT2D eigenvalue weighted by Gasteiger charge is 2.29. The first kappa shape index (κ1) is 13.1. The summed E-state index contributed by atoms with van der Waals surface area (Å²) in [5, 5.41) is 4.37. The standard InChI is InChI=1S/C13H18ClNOS/c1-2-15-11-6-7-13(9-11)17(16)12-5-3-4-10(14)8-12/h3-5,8,11,13,15H,2,6-7,9H2,1H3. The van der Waals surface area contributed by atoms with Crippen LogP contribution in [0.5, 0.6) is 0 Å². The number of benzene rings is 1. The molecule has 0 spiro atoms. The van der Waals surface area contributed by atoms with Gasteiger partial charge in [-0.1, -0.05) is 24.6 Å². The lowest BCUT2D eigenvalue weighted by Gasteiger charge is -2.12. The van der Waals surface area contributed by atoms with Gasteiger partial charge in [0.2, 0.25) is 0 Å². The van der Waals surface area contributed by atoms with Crippen LogP contribution in [0.15, 0.2) is 29.2 Å². The monoisotopic (exact) mass is 271 g/mol. The Morgan fingerprint density at radius 3 is 3.00 bits per heavy atom. The lowest BCUT2D eigenvalue weighted by molar-refractivity contribution is 0.542. The van der Waals surface area contributed by atoms with Gasteiger partial charge in [-0.3, -0.25) is 4.21 Å². The van der Waals surface area contributed by atoms with Crippen LogP contribution in [0.3, 0.4) is 0 Å². The third-order valence-electron chi connectivity index (χ3n) is 3.21.